The van der Waals surface area contributed by atoms with Gasteiger partial charge in [-0.15, -0.1) is 0 Å². The van der Waals surface area contributed by atoms with Gasteiger partial charge in [-0.05, 0) is 43.2 Å². The molecule has 0 unspecified atom stereocenters. The summed E-state index contributed by atoms with van der Waals surface area (Å²) in [6.45, 7) is 1.01. The molecule has 0 saturated carbocycles. The molecule has 3 heterocycles. The third kappa shape index (κ3) is 4.86. The summed E-state index contributed by atoms with van der Waals surface area (Å²) in [5.74, 6) is 0.423. The first-order valence-electron chi connectivity index (χ1n) is 9.96. The van der Waals surface area contributed by atoms with Gasteiger partial charge in [0, 0.05) is 25.2 Å². The van der Waals surface area contributed by atoms with Gasteiger partial charge in [0.2, 0.25) is 15.9 Å². The molecule has 1 saturated heterocycles. The number of hydrogen-bond acceptors (Lipinski definition) is 7. The Kier molecular flexibility index (Phi) is 6.22. The Hall–Kier alpha value is -2.56. The van der Waals surface area contributed by atoms with Crippen LogP contribution in [0.1, 0.15) is 18.5 Å². The van der Waals surface area contributed by atoms with Crippen LogP contribution in [0.5, 0.6) is 5.75 Å². The van der Waals surface area contributed by atoms with E-state index in [1.165, 1.54) is 21.9 Å². The van der Waals surface area contributed by atoms with E-state index in [0.717, 1.165) is 21.7 Å². The largest absolute Gasteiger partial charge is 0.497 e. The molecule has 1 aliphatic rings. The predicted molar refractivity (Wildman–Crippen MR) is 121 cm³/mol. The predicted octanol–water partition coefficient (Wildman–Crippen LogP) is 2.90. The number of aromatic nitrogens is 2. The number of sulfonamides is 1. The number of fused-ring (bicyclic) bond motifs is 1. The van der Waals surface area contributed by atoms with Crippen LogP contribution in [-0.4, -0.2) is 55.1 Å². The highest BCUT2D eigenvalue weighted by Crippen LogP contribution is 2.34. The number of hydrogen-bond donors (Lipinski definition) is 0. The second kappa shape index (κ2) is 8.89. The lowest BCUT2D eigenvalue weighted by molar-refractivity contribution is -0.123. The summed E-state index contributed by atoms with van der Waals surface area (Å²) in [5, 5.41) is 0.601. The van der Waals surface area contributed by atoms with Crippen LogP contribution in [0, 0.1) is 5.92 Å². The van der Waals surface area contributed by atoms with Crippen LogP contribution in [0.25, 0.3) is 10.2 Å². The fraction of sp³-hybridized carbons (Fsp3) is 0.381. The van der Waals surface area contributed by atoms with Crippen LogP contribution in [0.4, 0.5) is 5.13 Å². The monoisotopic (exact) mass is 460 g/mol. The second-order valence-corrected chi connectivity index (χ2v) is 10.5. The first-order chi connectivity index (χ1) is 14.8. The maximum atomic E-state index is 13.5. The minimum Gasteiger partial charge on any atom is -0.497 e. The molecule has 1 amide bonds. The van der Waals surface area contributed by atoms with E-state index >= 15 is 0 Å². The highest BCUT2D eigenvalue weighted by Gasteiger charge is 2.33. The van der Waals surface area contributed by atoms with Gasteiger partial charge in [-0.2, -0.15) is 0 Å². The van der Waals surface area contributed by atoms with Gasteiger partial charge in [0.25, 0.3) is 0 Å². The molecule has 1 fully saturated rings. The zero-order valence-electron chi connectivity index (χ0n) is 17.4. The summed E-state index contributed by atoms with van der Waals surface area (Å²) in [5.41, 5.74) is 1.56. The molecule has 1 aliphatic heterocycles. The lowest BCUT2D eigenvalue weighted by atomic mass is 9.96. The summed E-state index contributed by atoms with van der Waals surface area (Å²) >= 11 is 1.43. The summed E-state index contributed by atoms with van der Waals surface area (Å²) in [6.07, 6.45) is 3.89. The standard InChI is InChI=1S/C21H24N4O4S2/c1-29-17-6-7-18-19(13-17)30-21(23-18)25(14-16-5-3-4-10-22-16)20(26)15-8-11-24(12-9-15)31(2,27)28/h3-7,10,13,15H,8-9,11-12,14H2,1-2H3. The molecule has 0 N–H and O–H groups in total. The number of benzene rings is 1. The maximum absolute atomic E-state index is 13.5. The summed E-state index contributed by atoms with van der Waals surface area (Å²) < 4.78 is 31.3. The van der Waals surface area contributed by atoms with Crippen molar-refractivity contribution in [1.82, 2.24) is 14.3 Å². The SMILES string of the molecule is COc1ccc2nc(N(Cc3ccccn3)C(=O)C3CCN(S(C)(=O)=O)CC3)sc2c1. The number of amides is 1. The molecular formula is C21H24N4O4S2. The first kappa shape index (κ1) is 21.7. The number of rotatable bonds is 6. The smallest absolute Gasteiger partial charge is 0.232 e. The van der Waals surface area contributed by atoms with Gasteiger partial charge < -0.3 is 4.74 Å². The fourth-order valence-corrected chi connectivity index (χ4v) is 5.56. The molecule has 0 atom stereocenters. The number of ether oxygens (including phenoxy) is 1. The summed E-state index contributed by atoms with van der Waals surface area (Å²) in [7, 11) is -1.63. The van der Waals surface area contributed by atoms with Crippen molar-refractivity contribution >= 4 is 42.6 Å². The number of methoxy groups -OCH3 is 1. The quantitative estimate of drug-likeness (QED) is 0.562. The van der Waals surface area contributed by atoms with Gasteiger partial charge in [-0.1, -0.05) is 17.4 Å². The molecule has 2 aromatic heterocycles. The molecule has 0 radical (unpaired) electrons. The lowest BCUT2D eigenvalue weighted by Gasteiger charge is -2.32. The van der Waals surface area contributed by atoms with E-state index < -0.39 is 10.0 Å². The van der Waals surface area contributed by atoms with Crippen molar-refractivity contribution in [3.63, 3.8) is 0 Å². The van der Waals surface area contributed by atoms with Crippen molar-refractivity contribution in [3.05, 3.63) is 48.3 Å². The Morgan fingerprint density at radius 1 is 1.26 bits per heavy atom. The van der Waals surface area contributed by atoms with Gasteiger partial charge in [0.15, 0.2) is 5.13 Å². The molecule has 3 aromatic rings. The van der Waals surface area contributed by atoms with Crippen LogP contribution >= 0.6 is 11.3 Å². The van der Waals surface area contributed by atoms with Crippen molar-refractivity contribution in [2.24, 2.45) is 5.92 Å². The normalized spacial score (nSPS) is 15.8. The van der Waals surface area contributed by atoms with Crippen molar-refractivity contribution < 1.29 is 17.9 Å². The summed E-state index contributed by atoms with van der Waals surface area (Å²) in [6, 6.07) is 11.2. The minimum absolute atomic E-state index is 0.0511. The van der Waals surface area contributed by atoms with E-state index in [0.29, 0.717) is 37.6 Å². The van der Waals surface area contributed by atoms with Gasteiger partial charge >= 0.3 is 0 Å². The zero-order chi connectivity index (χ0) is 22.0. The maximum Gasteiger partial charge on any atom is 0.232 e. The molecule has 4 rings (SSSR count). The first-order valence-corrected chi connectivity index (χ1v) is 12.6. The average Bonchev–Trinajstić information content (AvgIpc) is 3.20. The molecule has 164 valence electrons. The molecule has 0 spiro atoms. The van der Waals surface area contributed by atoms with E-state index in [9.17, 15) is 13.2 Å². The highest BCUT2D eigenvalue weighted by molar-refractivity contribution is 7.88. The zero-order valence-corrected chi connectivity index (χ0v) is 19.0. The van der Waals surface area contributed by atoms with E-state index in [1.54, 1.807) is 18.2 Å². The van der Waals surface area contributed by atoms with E-state index in [4.69, 9.17) is 4.74 Å². The Balaban J connectivity index is 1.62. The number of anilines is 1. The van der Waals surface area contributed by atoms with Crippen molar-refractivity contribution in [1.29, 1.82) is 0 Å². The van der Waals surface area contributed by atoms with Crippen LogP contribution in [0.15, 0.2) is 42.6 Å². The lowest BCUT2D eigenvalue weighted by Crippen LogP contribution is -2.44. The molecule has 0 aliphatic carbocycles. The van der Waals surface area contributed by atoms with Gasteiger partial charge in [-0.3, -0.25) is 14.7 Å². The number of carbonyl (C=O) groups is 1. The number of pyridine rings is 1. The van der Waals surface area contributed by atoms with Gasteiger partial charge in [0.1, 0.15) is 5.75 Å². The molecule has 8 nitrogen and oxygen atoms in total. The number of nitrogens with zero attached hydrogens (tertiary/aromatic N) is 4. The van der Waals surface area contributed by atoms with Crippen LogP contribution in [0.2, 0.25) is 0 Å². The van der Waals surface area contributed by atoms with Gasteiger partial charge in [-0.25, -0.2) is 17.7 Å². The van der Waals surface area contributed by atoms with Crippen molar-refractivity contribution in [2.75, 3.05) is 31.4 Å². The Labute approximate surface area is 185 Å². The number of carbonyl (C=O) groups excluding carboxylic acids is 1. The van der Waals surface area contributed by atoms with Crippen LogP contribution in [-0.2, 0) is 21.4 Å². The molecule has 0 bridgehead atoms. The second-order valence-electron chi connectivity index (χ2n) is 7.51. The molecule has 31 heavy (non-hydrogen) atoms. The van der Waals surface area contributed by atoms with Crippen molar-refractivity contribution in [3.8, 4) is 5.75 Å². The van der Waals surface area contributed by atoms with Crippen LogP contribution in [0.3, 0.4) is 0 Å². The third-order valence-electron chi connectivity index (χ3n) is 5.40. The minimum atomic E-state index is -3.24. The number of piperidine rings is 1. The fourth-order valence-electron chi connectivity index (χ4n) is 3.68. The van der Waals surface area contributed by atoms with E-state index in [1.807, 2.05) is 36.4 Å². The van der Waals surface area contributed by atoms with E-state index in [2.05, 4.69) is 9.97 Å². The Morgan fingerprint density at radius 2 is 2.03 bits per heavy atom. The van der Waals surface area contributed by atoms with Gasteiger partial charge in [0.05, 0.1) is 35.8 Å². The summed E-state index contributed by atoms with van der Waals surface area (Å²) in [4.78, 5) is 24.3. The van der Waals surface area contributed by atoms with E-state index in [-0.39, 0.29) is 11.8 Å². The van der Waals surface area contributed by atoms with Crippen molar-refractivity contribution in [2.45, 2.75) is 19.4 Å². The molecular weight excluding hydrogens is 436 g/mol. The third-order valence-corrected chi connectivity index (χ3v) is 7.74. The Morgan fingerprint density at radius 3 is 2.68 bits per heavy atom. The topological polar surface area (TPSA) is 92.7 Å². The molecule has 1 aromatic carbocycles. The molecule has 10 heteroatoms. The number of thiazole rings is 1. The Bertz CT molecular complexity index is 1170. The highest BCUT2D eigenvalue weighted by atomic mass is 32.2. The average molecular weight is 461 g/mol. The van der Waals surface area contributed by atoms with Crippen LogP contribution < -0.4 is 9.64 Å².